The number of nitrogens with two attached hydrogens (primary N) is 1. The molecule has 1 aliphatic carbocycles. The molecule has 21 heavy (non-hydrogen) atoms. The minimum atomic E-state index is -0.130. The van der Waals surface area contributed by atoms with Crippen molar-refractivity contribution in [3.63, 3.8) is 0 Å². The van der Waals surface area contributed by atoms with Gasteiger partial charge in [0.05, 0.1) is 16.6 Å². The molecule has 110 valence electrons. The molecule has 1 amide bonds. The molecule has 1 aliphatic rings. The van der Waals surface area contributed by atoms with E-state index in [0.717, 1.165) is 19.3 Å². The monoisotopic (exact) mass is 304 g/mol. The number of aromatic nitrogens is 2. The molecule has 2 unspecified atom stereocenters. The summed E-state index contributed by atoms with van der Waals surface area (Å²) < 4.78 is 1.65. The maximum Gasteiger partial charge on any atom is 0.229 e. The summed E-state index contributed by atoms with van der Waals surface area (Å²) in [4.78, 5) is 12.4. The fourth-order valence-electron chi connectivity index (χ4n) is 2.79. The first kappa shape index (κ1) is 14.1. The van der Waals surface area contributed by atoms with Crippen molar-refractivity contribution in [1.29, 1.82) is 0 Å². The van der Waals surface area contributed by atoms with Gasteiger partial charge in [-0.2, -0.15) is 5.10 Å². The number of halogens is 1. The average molecular weight is 305 g/mol. The summed E-state index contributed by atoms with van der Waals surface area (Å²) in [6.07, 6.45) is 6.20. The highest BCUT2D eigenvalue weighted by molar-refractivity contribution is 6.33. The van der Waals surface area contributed by atoms with Crippen LogP contribution >= 0.6 is 11.6 Å². The van der Waals surface area contributed by atoms with E-state index < -0.39 is 0 Å². The number of hydrogen-bond donors (Lipinski definition) is 2. The lowest BCUT2D eigenvalue weighted by molar-refractivity contribution is -0.120. The van der Waals surface area contributed by atoms with Crippen molar-refractivity contribution in [3.8, 4) is 5.69 Å². The van der Waals surface area contributed by atoms with E-state index in [1.165, 1.54) is 0 Å². The number of anilines is 1. The van der Waals surface area contributed by atoms with Gasteiger partial charge in [-0.3, -0.25) is 4.79 Å². The first-order valence-corrected chi connectivity index (χ1v) is 7.39. The van der Waals surface area contributed by atoms with Gasteiger partial charge in [0.1, 0.15) is 5.69 Å². The van der Waals surface area contributed by atoms with Crippen LogP contribution in [-0.4, -0.2) is 21.7 Å². The fourth-order valence-corrected chi connectivity index (χ4v) is 3.05. The molecule has 5 nitrogen and oxygen atoms in total. The Bertz CT molecular complexity index is 641. The van der Waals surface area contributed by atoms with Crippen LogP contribution in [0.15, 0.2) is 36.7 Å². The second kappa shape index (κ2) is 5.87. The van der Waals surface area contributed by atoms with Gasteiger partial charge in [-0.1, -0.05) is 24.1 Å². The van der Waals surface area contributed by atoms with Crippen LogP contribution in [0.3, 0.4) is 0 Å². The van der Waals surface area contributed by atoms with E-state index in [4.69, 9.17) is 17.3 Å². The number of hydrogen-bond acceptors (Lipinski definition) is 3. The zero-order valence-electron chi connectivity index (χ0n) is 11.5. The third-order valence-corrected chi connectivity index (χ3v) is 4.19. The molecular formula is C15H17ClN4O. The summed E-state index contributed by atoms with van der Waals surface area (Å²) in [5.41, 5.74) is 7.31. The third-order valence-electron chi connectivity index (χ3n) is 3.88. The minimum Gasteiger partial charge on any atom is -0.327 e. The highest BCUT2D eigenvalue weighted by Crippen LogP contribution is 2.30. The molecule has 1 fully saturated rings. The molecule has 0 radical (unpaired) electrons. The Morgan fingerprint density at radius 2 is 2.24 bits per heavy atom. The first-order chi connectivity index (χ1) is 10.2. The van der Waals surface area contributed by atoms with Crippen molar-refractivity contribution >= 4 is 23.2 Å². The number of rotatable bonds is 3. The maximum atomic E-state index is 12.4. The van der Waals surface area contributed by atoms with E-state index in [2.05, 4.69) is 10.4 Å². The minimum absolute atomic E-state index is 0.0457. The Morgan fingerprint density at radius 3 is 2.90 bits per heavy atom. The first-order valence-electron chi connectivity index (χ1n) is 7.02. The summed E-state index contributed by atoms with van der Waals surface area (Å²) in [6, 6.07) is 7.15. The number of para-hydroxylation sites is 1. The van der Waals surface area contributed by atoms with E-state index in [-0.39, 0.29) is 17.9 Å². The molecule has 2 atom stereocenters. The number of nitrogens with one attached hydrogen (secondary N) is 1. The Labute approximate surface area is 128 Å². The predicted octanol–water partition coefficient (Wildman–Crippen LogP) is 2.59. The van der Waals surface area contributed by atoms with Crippen LogP contribution in [0.25, 0.3) is 5.69 Å². The number of carbonyl (C=O) groups is 1. The normalized spacial score (nSPS) is 21.4. The Morgan fingerprint density at radius 1 is 1.38 bits per heavy atom. The molecule has 2 aromatic rings. The zero-order chi connectivity index (χ0) is 14.8. The van der Waals surface area contributed by atoms with E-state index >= 15 is 0 Å². The van der Waals surface area contributed by atoms with Crippen molar-refractivity contribution in [2.45, 2.75) is 25.3 Å². The molecule has 3 rings (SSSR count). The van der Waals surface area contributed by atoms with E-state index in [1.54, 1.807) is 29.2 Å². The van der Waals surface area contributed by atoms with Gasteiger partial charge in [0.25, 0.3) is 0 Å². The van der Waals surface area contributed by atoms with E-state index in [9.17, 15) is 4.79 Å². The van der Waals surface area contributed by atoms with Gasteiger partial charge in [0, 0.05) is 18.4 Å². The lowest BCUT2D eigenvalue weighted by atomic mass is 10.0. The van der Waals surface area contributed by atoms with Crippen LogP contribution in [-0.2, 0) is 4.79 Å². The van der Waals surface area contributed by atoms with E-state index in [1.807, 2.05) is 12.1 Å². The average Bonchev–Trinajstić information content (AvgIpc) is 3.10. The lowest BCUT2D eigenvalue weighted by Gasteiger charge is -2.17. The largest absolute Gasteiger partial charge is 0.327 e. The standard InChI is InChI=1S/C15H17ClN4O/c16-11-5-2-7-13(14(11)20-9-3-8-18-20)19-15(21)10-4-1-6-12(10)17/h2-3,5,7-10,12H,1,4,6,17H2,(H,19,21). The van der Waals surface area contributed by atoms with Crippen molar-refractivity contribution in [3.05, 3.63) is 41.7 Å². The molecule has 0 aliphatic heterocycles. The van der Waals surface area contributed by atoms with Gasteiger partial charge >= 0.3 is 0 Å². The summed E-state index contributed by atoms with van der Waals surface area (Å²) in [6.45, 7) is 0. The molecule has 0 saturated heterocycles. The smallest absolute Gasteiger partial charge is 0.229 e. The quantitative estimate of drug-likeness (QED) is 0.915. The van der Waals surface area contributed by atoms with Gasteiger partial charge in [-0.25, -0.2) is 4.68 Å². The summed E-state index contributed by atoms with van der Waals surface area (Å²) >= 11 is 6.26. The second-order valence-electron chi connectivity index (χ2n) is 5.28. The Kier molecular flexibility index (Phi) is 3.94. The van der Waals surface area contributed by atoms with Crippen LogP contribution < -0.4 is 11.1 Å². The third kappa shape index (κ3) is 2.80. The maximum absolute atomic E-state index is 12.4. The van der Waals surface area contributed by atoms with Gasteiger partial charge in [0.2, 0.25) is 5.91 Å². The van der Waals surface area contributed by atoms with Crippen molar-refractivity contribution in [2.24, 2.45) is 11.7 Å². The molecule has 1 heterocycles. The molecule has 3 N–H and O–H groups in total. The second-order valence-corrected chi connectivity index (χ2v) is 5.68. The van der Waals surface area contributed by atoms with Crippen LogP contribution in [0.2, 0.25) is 5.02 Å². The highest BCUT2D eigenvalue weighted by atomic mass is 35.5. The highest BCUT2D eigenvalue weighted by Gasteiger charge is 2.30. The number of carbonyl (C=O) groups excluding carboxylic acids is 1. The molecule has 1 aromatic heterocycles. The van der Waals surface area contributed by atoms with Crippen LogP contribution in [0.4, 0.5) is 5.69 Å². The van der Waals surface area contributed by atoms with Crippen LogP contribution in [0.1, 0.15) is 19.3 Å². The number of benzene rings is 1. The summed E-state index contributed by atoms with van der Waals surface area (Å²) in [5, 5.41) is 7.67. The molecule has 6 heteroatoms. The number of nitrogens with zero attached hydrogens (tertiary/aromatic N) is 2. The molecule has 0 spiro atoms. The van der Waals surface area contributed by atoms with Gasteiger partial charge < -0.3 is 11.1 Å². The van der Waals surface area contributed by atoms with Crippen LogP contribution in [0, 0.1) is 5.92 Å². The SMILES string of the molecule is NC1CCCC1C(=O)Nc1cccc(Cl)c1-n1cccn1. The fraction of sp³-hybridized carbons (Fsp3) is 0.333. The van der Waals surface area contributed by atoms with Crippen molar-refractivity contribution in [1.82, 2.24) is 9.78 Å². The van der Waals surface area contributed by atoms with Crippen LogP contribution in [0.5, 0.6) is 0 Å². The van der Waals surface area contributed by atoms with Crippen molar-refractivity contribution in [2.75, 3.05) is 5.32 Å². The summed E-state index contributed by atoms with van der Waals surface area (Å²) in [7, 11) is 0. The topological polar surface area (TPSA) is 72.9 Å². The summed E-state index contributed by atoms with van der Waals surface area (Å²) in [5.74, 6) is -0.176. The molecule has 0 bridgehead atoms. The number of amides is 1. The van der Waals surface area contributed by atoms with Gasteiger partial charge in [0.15, 0.2) is 0 Å². The molecule has 1 aromatic carbocycles. The lowest BCUT2D eigenvalue weighted by Crippen LogP contribution is -2.34. The van der Waals surface area contributed by atoms with Gasteiger partial charge in [-0.15, -0.1) is 0 Å². The van der Waals surface area contributed by atoms with Crippen molar-refractivity contribution < 1.29 is 4.79 Å². The molecule has 1 saturated carbocycles. The Hall–Kier alpha value is -1.85. The zero-order valence-corrected chi connectivity index (χ0v) is 12.3. The Balaban J connectivity index is 1.89. The van der Waals surface area contributed by atoms with E-state index in [0.29, 0.717) is 16.4 Å². The predicted molar refractivity (Wildman–Crippen MR) is 82.5 cm³/mol. The van der Waals surface area contributed by atoms with Gasteiger partial charge in [-0.05, 0) is 31.0 Å². The molecular weight excluding hydrogens is 288 g/mol.